The first-order chi connectivity index (χ1) is 8.54. The molecule has 0 unspecified atom stereocenters. The van der Waals surface area contributed by atoms with Crippen LogP contribution < -0.4 is 5.73 Å². The Kier molecular flexibility index (Phi) is 6.40. The molecule has 1 saturated heterocycles. The molecule has 0 radical (unpaired) electrons. The van der Waals surface area contributed by atoms with Gasteiger partial charge in [0.2, 0.25) is 5.91 Å². The number of benzene rings is 1. The molecule has 3 nitrogen and oxygen atoms in total. The van der Waals surface area contributed by atoms with Gasteiger partial charge in [0.05, 0.1) is 6.42 Å². The number of nitrogens with zero attached hydrogens (tertiary/aromatic N) is 1. The zero-order chi connectivity index (χ0) is 13.1. The van der Waals surface area contributed by atoms with Gasteiger partial charge in [-0.3, -0.25) is 4.79 Å². The smallest absolute Gasteiger partial charge is 0.227 e. The fourth-order valence-corrected chi connectivity index (χ4v) is 2.81. The standard InChI is InChI=1S/C13H16Cl2N2O.ClH/c14-10-4-9(5-11(15)7-10)6-13(18)17-3-1-2-12(16)8-17;/h4-5,7,12H,1-3,6,8,16H2;1H/t12-;/m0./s1. The van der Waals surface area contributed by atoms with Gasteiger partial charge >= 0.3 is 0 Å². The molecule has 0 aliphatic carbocycles. The highest BCUT2D eigenvalue weighted by Gasteiger charge is 2.21. The van der Waals surface area contributed by atoms with Crippen molar-refractivity contribution < 1.29 is 4.79 Å². The molecule has 106 valence electrons. The molecule has 1 aromatic rings. The van der Waals surface area contributed by atoms with Crippen LogP contribution >= 0.6 is 35.6 Å². The summed E-state index contributed by atoms with van der Waals surface area (Å²) in [6.45, 7) is 1.44. The van der Waals surface area contributed by atoms with Crippen LogP contribution in [0.25, 0.3) is 0 Å². The quantitative estimate of drug-likeness (QED) is 0.909. The molecule has 0 spiro atoms. The van der Waals surface area contributed by atoms with Gasteiger partial charge < -0.3 is 10.6 Å². The Balaban J connectivity index is 0.00000180. The SMILES string of the molecule is Cl.N[C@H]1CCCN(C(=O)Cc2cc(Cl)cc(Cl)c2)C1. The maximum atomic E-state index is 12.1. The minimum absolute atomic E-state index is 0. The molecule has 2 N–H and O–H groups in total. The normalized spacial score (nSPS) is 18.9. The average molecular weight is 324 g/mol. The highest BCUT2D eigenvalue weighted by atomic mass is 35.5. The summed E-state index contributed by atoms with van der Waals surface area (Å²) in [5.41, 5.74) is 6.71. The van der Waals surface area contributed by atoms with Gasteiger partial charge in [-0.1, -0.05) is 23.2 Å². The molecule has 0 saturated carbocycles. The molecular formula is C13H17Cl3N2O. The summed E-state index contributed by atoms with van der Waals surface area (Å²) in [7, 11) is 0. The number of likely N-dealkylation sites (tertiary alicyclic amines) is 1. The second-order valence-electron chi connectivity index (χ2n) is 4.70. The highest BCUT2D eigenvalue weighted by Crippen LogP contribution is 2.20. The minimum Gasteiger partial charge on any atom is -0.341 e. The zero-order valence-electron chi connectivity index (χ0n) is 10.4. The van der Waals surface area contributed by atoms with Crippen molar-refractivity contribution in [2.75, 3.05) is 13.1 Å². The van der Waals surface area contributed by atoms with E-state index in [-0.39, 0.29) is 24.4 Å². The molecule has 1 aliphatic heterocycles. The van der Waals surface area contributed by atoms with Gasteiger partial charge in [0, 0.05) is 29.2 Å². The number of halogens is 3. The van der Waals surface area contributed by atoms with E-state index in [9.17, 15) is 4.79 Å². The van der Waals surface area contributed by atoms with E-state index in [2.05, 4.69) is 0 Å². The van der Waals surface area contributed by atoms with E-state index in [0.29, 0.717) is 23.0 Å². The Hall–Kier alpha value is -0.480. The molecule has 0 bridgehead atoms. The predicted octanol–water partition coefficient (Wildman–Crippen LogP) is 2.91. The van der Waals surface area contributed by atoms with Crippen LogP contribution in [0.15, 0.2) is 18.2 Å². The topological polar surface area (TPSA) is 46.3 Å². The fourth-order valence-electron chi connectivity index (χ4n) is 2.24. The number of carbonyl (C=O) groups is 1. The molecule has 1 aliphatic rings. The van der Waals surface area contributed by atoms with Crippen LogP contribution in [-0.2, 0) is 11.2 Å². The van der Waals surface area contributed by atoms with Gasteiger partial charge in [-0.2, -0.15) is 0 Å². The maximum absolute atomic E-state index is 12.1. The Morgan fingerprint density at radius 1 is 1.32 bits per heavy atom. The number of hydrogen-bond acceptors (Lipinski definition) is 2. The number of amides is 1. The van der Waals surface area contributed by atoms with Crippen LogP contribution in [0.2, 0.25) is 10.0 Å². The number of rotatable bonds is 2. The van der Waals surface area contributed by atoms with Crippen molar-refractivity contribution in [2.24, 2.45) is 5.73 Å². The molecule has 1 aromatic carbocycles. The molecule has 1 amide bonds. The summed E-state index contributed by atoms with van der Waals surface area (Å²) in [5, 5.41) is 1.11. The van der Waals surface area contributed by atoms with Crippen molar-refractivity contribution >= 4 is 41.5 Å². The van der Waals surface area contributed by atoms with Gasteiger partial charge in [0.15, 0.2) is 0 Å². The predicted molar refractivity (Wildman–Crippen MR) is 81.2 cm³/mol. The summed E-state index contributed by atoms with van der Waals surface area (Å²) in [6, 6.07) is 5.31. The van der Waals surface area contributed by atoms with Gasteiger partial charge in [-0.15, -0.1) is 12.4 Å². The van der Waals surface area contributed by atoms with Crippen LogP contribution in [0.5, 0.6) is 0 Å². The molecule has 2 rings (SSSR count). The van der Waals surface area contributed by atoms with Crippen LogP contribution in [0, 0.1) is 0 Å². The molecule has 0 aromatic heterocycles. The molecule has 1 heterocycles. The van der Waals surface area contributed by atoms with E-state index < -0.39 is 0 Å². The molecule has 19 heavy (non-hydrogen) atoms. The third kappa shape index (κ3) is 4.84. The van der Waals surface area contributed by atoms with E-state index in [1.807, 2.05) is 4.90 Å². The number of piperidine rings is 1. The van der Waals surface area contributed by atoms with Crippen molar-refractivity contribution in [3.63, 3.8) is 0 Å². The van der Waals surface area contributed by atoms with Crippen LogP contribution in [-0.4, -0.2) is 29.9 Å². The van der Waals surface area contributed by atoms with Crippen molar-refractivity contribution in [1.29, 1.82) is 0 Å². The lowest BCUT2D eigenvalue weighted by atomic mass is 10.1. The van der Waals surface area contributed by atoms with Gasteiger partial charge in [0.1, 0.15) is 0 Å². The average Bonchev–Trinajstić information content (AvgIpc) is 2.27. The first-order valence-corrected chi connectivity index (χ1v) is 6.78. The zero-order valence-corrected chi connectivity index (χ0v) is 12.8. The number of carbonyl (C=O) groups excluding carboxylic acids is 1. The van der Waals surface area contributed by atoms with Crippen molar-refractivity contribution in [3.8, 4) is 0 Å². The van der Waals surface area contributed by atoms with Crippen molar-refractivity contribution in [1.82, 2.24) is 4.90 Å². The molecular weight excluding hydrogens is 307 g/mol. The van der Waals surface area contributed by atoms with Crippen LogP contribution in [0.4, 0.5) is 0 Å². The first kappa shape index (κ1) is 16.6. The summed E-state index contributed by atoms with van der Waals surface area (Å²) >= 11 is 11.8. The fraction of sp³-hybridized carbons (Fsp3) is 0.462. The Morgan fingerprint density at radius 3 is 2.53 bits per heavy atom. The van der Waals surface area contributed by atoms with E-state index in [4.69, 9.17) is 28.9 Å². The Labute approximate surface area is 129 Å². The monoisotopic (exact) mass is 322 g/mol. The van der Waals surface area contributed by atoms with E-state index in [1.54, 1.807) is 18.2 Å². The first-order valence-electron chi connectivity index (χ1n) is 6.03. The van der Waals surface area contributed by atoms with Crippen LogP contribution in [0.1, 0.15) is 18.4 Å². The lowest BCUT2D eigenvalue weighted by Crippen LogP contribution is -2.46. The summed E-state index contributed by atoms with van der Waals surface area (Å²) in [4.78, 5) is 13.9. The highest BCUT2D eigenvalue weighted by molar-refractivity contribution is 6.34. The molecule has 1 atom stereocenters. The van der Waals surface area contributed by atoms with Gasteiger partial charge in [-0.25, -0.2) is 0 Å². The van der Waals surface area contributed by atoms with Gasteiger partial charge in [-0.05, 0) is 36.6 Å². The second kappa shape index (κ2) is 7.34. The van der Waals surface area contributed by atoms with Crippen LogP contribution in [0.3, 0.4) is 0 Å². The lowest BCUT2D eigenvalue weighted by molar-refractivity contribution is -0.131. The number of hydrogen-bond donors (Lipinski definition) is 1. The van der Waals surface area contributed by atoms with E-state index in [1.165, 1.54) is 0 Å². The molecule has 1 fully saturated rings. The largest absolute Gasteiger partial charge is 0.341 e. The Morgan fingerprint density at radius 2 is 1.95 bits per heavy atom. The Bertz CT molecular complexity index is 433. The summed E-state index contributed by atoms with van der Waals surface area (Å²) < 4.78 is 0. The second-order valence-corrected chi connectivity index (χ2v) is 5.57. The third-order valence-electron chi connectivity index (χ3n) is 3.09. The number of nitrogens with two attached hydrogens (primary N) is 1. The minimum atomic E-state index is 0. The van der Waals surface area contributed by atoms with Crippen molar-refractivity contribution in [2.45, 2.75) is 25.3 Å². The summed E-state index contributed by atoms with van der Waals surface area (Å²) in [5.74, 6) is 0.0866. The van der Waals surface area contributed by atoms with Gasteiger partial charge in [0.25, 0.3) is 0 Å². The summed E-state index contributed by atoms with van der Waals surface area (Å²) in [6.07, 6.45) is 2.29. The third-order valence-corrected chi connectivity index (χ3v) is 3.52. The van der Waals surface area contributed by atoms with E-state index in [0.717, 1.165) is 24.9 Å². The van der Waals surface area contributed by atoms with Crippen molar-refractivity contribution in [3.05, 3.63) is 33.8 Å². The molecule has 6 heteroatoms. The lowest BCUT2D eigenvalue weighted by Gasteiger charge is -2.30. The maximum Gasteiger partial charge on any atom is 0.227 e. The van der Waals surface area contributed by atoms with E-state index >= 15 is 0 Å².